The zero-order chi connectivity index (χ0) is 11.3. The Labute approximate surface area is 92.2 Å². The molecule has 1 amide bonds. The number of terminal acetylenes is 1. The second kappa shape index (κ2) is 5.77. The van der Waals surface area contributed by atoms with Crippen molar-refractivity contribution in [3.05, 3.63) is 0 Å². The van der Waals surface area contributed by atoms with Gasteiger partial charge in [-0.1, -0.05) is 19.8 Å². The number of carbonyl (C=O) groups excluding carboxylic acids is 1. The lowest BCUT2D eigenvalue weighted by molar-refractivity contribution is -0.136. The van der Waals surface area contributed by atoms with E-state index in [-0.39, 0.29) is 11.8 Å². The second-order valence-corrected chi connectivity index (χ2v) is 4.17. The molecule has 1 heterocycles. The molecule has 1 saturated heterocycles. The molecule has 84 valence electrons. The van der Waals surface area contributed by atoms with Crippen LogP contribution in [0.1, 0.15) is 20.3 Å². The van der Waals surface area contributed by atoms with E-state index in [1.165, 1.54) is 0 Å². The number of amides is 1. The summed E-state index contributed by atoms with van der Waals surface area (Å²) in [6.45, 7) is 7.20. The zero-order valence-electron chi connectivity index (χ0n) is 9.62. The van der Waals surface area contributed by atoms with E-state index in [0.29, 0.717) is 12.5 Å². The van der Waals surface area contributed by atoms with Crippen molar-refractivity contribution in [1.29, 1.82) is 0 Å². The van der Waals surface area contributed by atoms with Gasteiger partial charge in [0.25, 0.3) is 0 Å². The van der Waals surface area contributed by atoms with Gasteiger partial charge in [0, 0.05) is 12.5 Å². The first-order valence-corrected chi connectivity index (χ1v) is 5.63. The molecule has 1 fully saturated rings. The number of rotatable bonds is 5. The molecule has 0 aromatic rings. The summed E-state index contributed by atoms with van der Waals surface area (Å²) in [7, 11) is 0. The topological polar surface area (TPSA) is 32.3 Å². The molecular formula is C12H20N2O. The van der Waals surface area contributed by atoms with Gasteiger partial charge in [0.1, 0.15) is 0 Å². The molecule has 1 atom stereocenters. The molecule has 0 aromatic carbocycles. The molecule has 0 aromatic heterocycles. The van der Waals surface area contributed by atoms with Crippen molar-refractivity contribution in [1.82, 2.24) is 10.2 Å². The molecule has 3 heteroatoms. The largest absolute Gasteiger partial charge is 0.331 e. The molecule has 1 aliphatic heterocycles. The summed E-state index contributed by atoms with van der Waals surface area (Å²) in [5.41, 5.74) is 0. The molecule has 0 bridgehead atoms. The van der Waals surface area contributed by atoms with Crippen molar-refractivity contribution in [2.75, 3.05) is 26.2 Å². The molecule has 0 spiro atoms. The summed E-state index contributed by atoms with van der Waals surface area (Å²) in [4.78, 5) is 13.9. The molecule has 15 heavy (non-hydrogen) atoms. The van der Waals surface area contributed by atoms with E-state index in [9.17, 15) is 4.79 Å². The molecular weight excluding hydrogens is 188 g/mol. The highest BCUT2D eigenvalue weighted by atomic mass is 16.2. The van der Waals surface area contributed by atoms with Crippen LogP contribution in [0, 0.1) is 24.2 Å². The van der Waals surface area contributed by atoms with Crippen LogP contribution >= 0.6 is 0 Å². The Bertz CT molecular complexity index is 253. The highest BCUT2D eigenvalue weighted by Gasteiger charge is 2.30. The van der Waals surface area contributed by atoms with Gasteiger partial charge in [-0.25, -0.2) is 0 Å². The maximum Gasteiger partial charge on any atom is 0.226 e. The van der Waals surface area contributed by atoms with E-state index in [1.807, 2.05) is 6.92 Å². The van der Waals surface area contributed by atoms with Gasteiger partial charge in [-0.15, -0.1) is 6.42 Å². The zero-order valence-corrected chi connectivity index (χ0v) is 9.62. The number of nitrogens with one attached hydrogen (secondary N) is 1. The minimum Gasteiger partial charge on any atom is -0.331 e. The number of nitrogens with zero attached hydrogens (tertiary/aromatic N) is 1. The average Bonchev–Trinajstić information content (AvgIpc) is 2.13. The molecule has 1 aliphatic rings. The third-order valence-corrected chi connectivity index (χ3v) is 3.00. The quantitative estimate of drug-likeness (QED) is 0.675. The number of hydrogen-bond acceptors (Lipinski definition) is 2. The maximum absolute atomic E-state index is 12.1. The van der Waals surface area contributed by atoms with E-state index in [1.54, 1.807) is 4.90 Å². The van der Waals surface area contributed by atoms with Crippen LogP contribution in [0.2, 0.25) is 0 Å². The van der Waals surface area contributed by atoms with Crippen molar-refractivity contribution >= 4 is 5.91 Å². The summed E-state index contributed by atoms with van der Waals surface area (Å²) >= 11 is 0. The first kappa shape index (κ1) is 12.1. The maximum atomic E-state index is 12.1. The minimum absolute atomic E-state index is 0.103. The summed E-state index contributed by atoms with van der Waals surface area (Å²) < 4.78 is 0. The standard InChI is InChI=1S/C12H20N2O/c1-4-6-14(7-5-2)12(15)10(3)11-8-13-9-11/h1,10-11,13H,5-9H2,2-3H3. The summed E-state index contributed by atoms with van der Waals surface area (Å²) in [6, 6.07) is 0. The van der Waals surface area contributed by atoms with E-state index in [4.69, 9.17) is 6.42 Å². The fourth-order valence-electron chi connectivity index (χ4n) is 1.80. The molecule has 3 nitrogen and oxygen atoms in total. The van der Waals surface area contributed by atoms with Crippen molar-refractivity contribution in [3.63, 3.8) is 0 Å². The van der Waals surface area contributed by atoms with Crippen LogP contribution in [-0.4, -0.2) is 37.0 Å². The Morgan fingerprint density at radius 2 is 2.33 bits per heavy atom. The van der Waals surface area contributed by atoms with Crippen molar-refractivity contribution < 1.29 is 4.79 Å². The third-order valence-electron chi connectivity index (χ3n) is 3.00. The van der Waals surface area contributed by atoms with Crippen molar-refractivity contribution in [3.8, 4) is 12.3 Å². The van der Waals surface area contributed by atoms with Crippen LogP contribution in [0.25, 0.3) is 0 Å². The third kappa shape index (κ3) is 2.97. The molecule has 0 radical (unpaired) electrons. The van der Waals surface area contributed by atoms with E-state index in [2.05, 4.69) is 18.2 Å². The monoisotopic (exact) mass is 208 g/mol. The summed E-state index contributed by atoms with van der Waals surface area (Å²) in [5.74, 6) is 3.36. The molecule has 1 unspecified atom stereocenters. The molecule has 0 saturated carbocycles. The Balaban J connectivity index is 2.50. The Morgan fingerprint density at radius 1 is 1.67 bits per heavy atom. The number of carbonyl (C=O) groups is 1. The summed E-state index contributed by atoms with van der Waals surface area (Å²) in [6.07, 6.45) is 6.23. The van der Waals surface area contributed by atoms with Gasteiger partial charge in [0.05, 0.1) is 6.54 Å². The van der Waals surface area contributed by atoms with Crippen molar-refractivity contribution in [2.24, 2.45) is 11.8 Å². The van der Waals surface area contributed by atoms with Gasteiger partial charge >= 0.3 is 0 Å². The van der Waals surface area contributed by atoms with Gasteiger partial charge in [0.2, 0.25) is 5.91 Å². The normalized spacial score (nSPS) is 17.7. The average molecular weight is 208 g/mol. The number of hydrogen-bond donors (Lipinski definition) is 1. The Kier molecular flexibility index (Phi) is 4.64. The lowest BCUT2D eigenvalue weighted by atomic mass is 9.88. The first-order chi connectivity index (χ1) is 7.20. The predicted octanol–water partition coefficient (Wildman–Crippen LogP) is 0.714. The van der Waals surface area contributed by atoms with Crippen molar-refractivity contribution in [2.45, 2.75) is 20.3 Å². The molecule has 1 rings (SSSR count). The smallest absolute Gasteiger partial charge is 0.226 e. The fourth-order valence-corrected chi connectivity index (χ4v) is 1.80. The van der Waals surface area contributed by atoms with E-state index < -0.39 is 0 Å². The Morgan fingerprint density at radius 3 is 2.73 bits per heavy atom. The molecule has 0 aliphatic carbocycles. The highest BCUT2D eigenvalue weighted by Crippen LogP contribution is 2.18. The first-order valence-electron chi connectivity index (χ1n) is 5.63. The van der Waals surface area contributed by atoms with Gasteiger partial charge in [-0.05, 0) is 25.4 Å². The van der Waals surface area contributed by atoms with Crippen LogP contribution in [0.5, 0.6) is 0 Å². The van der Waals surface area contributed by atoms with Crippen LogP contribution in [0.15, 0.2) is 0 Å². The predicted molar refractivity (Wildman–Crippen MR) is 61.2 cm³/mol. The second-order valence-electron chi connectivity index (χ2n) is 4.17. The molecule has 1 N–H and O–H groups in total. The van der Waals surface area contributed by atoms with Crippen LogP contribution in [-0.2, 0) is 4.79 Å². The lowest BCUT2D eigenvalue weighted by Gasteiger charge is -2.34. The summed E-state index contributed by atoms with van der Waals surface area (Å²) in [5, 5.41) is 3.19. The fraction of sp³-hybridized carbons (Fsp3) is 0.750. The highest BCUT2D eigenvalue weighted by molar-refractivity contribution is 5.79. The van der Waals surface area contributed by atoms with Crippen LogP contribution in [0.3, 0.4) is 0 Å². The van der Waals surface area contributed by atoms with Gasteiger partial charge in [-0.2, -0.15) is 0 Å². The van der Waals surface area contributed by atoms with Gasteiger partial charge in [0.15, 0.2) is 0 Å². The lowest BCUT2D eigenvalue weighted by Crippen LogP contribution is -2.50. The van der Waals surface area contributed by atoms with Crippen LogP contribution < -0.4 is 5.32 Å². The van der Waals surface area contributed by atoms with Gasteiger partial charge in [-0.3, -0.25) is 4.79 Å². The van der Waals surface area contributed by atoms with E-state index >= 15 is 0 Å². The Hall–Kier alpha value is -1.01. The SMILES string of the molecule is C#CCN(CCC)C(=O)C(C)C1CNC1. The van der Waals surface area contributed by atoms with Gasteiger partial charge < -0.3 is 10.2 Å². The minimum atomic E-state index is 0.103. The van der Waals surface area contributed by atoms with Crippen LogP contribution in [0.4, 0.5) is 0 Å². The van der Waals surface area contributed by atoms with E-state index in [0.717, 1.165) is 26.1 Å².